The average molecular weight is 309 g/mol. The van der Waals surface area contributed by atoms with E-state index in [1.165, 1.54) is 6.33 Å². The van der Waals surface area contributed by atoms with E-state index in [4.69, 9.17) is 5.73 Å². The summed E-state index contributed by atoms with van der Waals surface area (Å²) in [5, 5.41) is 7.57. The molecule has 0 aliphatic carbocycles. The molecule has 0 aliphatic rings. The zero-order chi connectivity index (χ0) is 15.8. The lowest BCUT2D eigenvalue weighted by atomic mass is 10.1. The van der Waals surface area contributed by atoms with Crippen molar-refractivity contribution in [2.75, 3.05) is 5.73 Å². The number of anilines is 1. The summed E-state index contributed by atoms with van der Waals surface area (Å²) in [4.78, 5) is 0.238. The Bertz CT molecular complexity index is 754. The molecule has 0 atom stereocenters. The van der Waals surface area contributed by atoms with Gasteiger partial charge in [-0.2, -0.15) is 0 Å². The van der Waals surface area contributed by atoms with Gasteiger partial charge in [-0.1, -0.05) is 0 Å². The molecule has 3 N–H and O–H groups in total. The maximum atomic E-state index is 12.6. The van der Waals surface area contributed by atoms with Gasteiger partial charge in [-0.3, -0.25) is 0 Å². The van der Waals surface area contributed by atoms with E-state index in [-0.39, 0.29) is 11.4 Å². The number of hydrogen-bond donors (Lipinski definition) is 2. The normalized spacial score (nSPS) is 11.8. The van der Waals surface area contributed by atoms with Crippen LogP contribution in [-0.2, 0) is 23.6 Å². The highest BCUT2D eigenvalue weighted by atomic mass is 32.2. The van der Waals surface area contributed by atoms with Gasteiger partial charge in [0.15, 0.2) is 0 Å². The number of nitrogens with one attached hydrogen (secondary N) is 1. The summed E-state index contributed by atoms with van der Waals surface area (Å²) in [5.41, 5.74) is 8.46. The van der Waals surface area contributed by atoms with Crippen molar-refractivity contribution in [1.29, 1.82) is 0 Å². The fraction of sp³-hybridized carbons (Fsp3) is 0.385. The van der Waals surface area contributed by atoms with E-state index in [1.54, 1.807) is 31.5 Å². The van der Waals surface area contributed by atoms with Crippen molar-refractivity contribution in [2.45, 2.75) is 32.2 Å². The van der Waals surface area contributed by atoms with Gasteiger partial charge in [0.25, 0.3) is 0 Å². The number of sulfonamides is 1. The van der Waals surface area contributed by atoms with Crippen LogP contribution in [0.1, 0.15) is 22.5 Å². The van der Waals surface area contributed by atoms with Crippen LogP contribution in [-0.4, -0.2) is 23.2 Å². The standard InChI is InChI=1S/C13H19N5O2S/c1-8-5-11(14)10(3)13(9(8)2)21(19,20)16-6-12-17-15-7-18(12)4/h5,7,16H,6,14H2,1-4H3. The van der Waals surface area contributed by atoms with Crippen molar-refractivity contribution < 1.29 is 8.42 Å². The number of benzene rings is 1. The van der Waals surface area contributed by atoms with E-state index >= 15 is 0 Å². The Hall–Kier alpha value is -1.93. The lowest BCUT2D eigenvalue weighted by Crippen LogP contribution is -2.26. The van der Waals surface area contributed by atoms with Gasteiger partial charge >= 0.3 is 0 Å². The molecule has 0 bridgehead atoms. The maximum Gasteiger partial charge on any atom is 0.241 e. The van der Waals surface area contributed by atoms with Gasteiger partial charge in [0, 0.05) is 12.7 Å². The minimum atomic E-state index is -3.67. The second-order valence-corrected chi connectivity index (χ2v) is 6.75. The highest BCUT2D eigenvalue weighted by Crippen LogP contribution is 2.27. The van der Waals surface area contributed by atoms with Gasteiger partial charge in [-0.05, 0) is 43.5 Å². The lowest BCUT2D eigenvalue weighted by Gasteiger charge is -2.15. The summed E-state index contributed by atoms with van der Waals surface area (Å²) < 4.78 is 29.3. The molecule has 0 fully saturated rings. The van der Waals surface area contributed by atoms with Crippen LogP contribution in [0.3, 0.4) is 0 Å². The highest BCUT2D eigenvalue weighted by molar-refractivity contribution is 7.89. The molecule has 0 unspecified atom stereocenters. The summed E-state index contributed by atoms with van der Waals surface area (Å²) in [6.07, 6.45) is 1.52. The molecular weight excluding hydrogens is 290 g/mol. The third-order valence-electron chi connectivity index (χ3n) is 3.57. The topological polar surface area (TPSA) is 103 Å². The number of aromatic nitrogens is 3. The van der Waals surface area contributed by atoms with Crippen LogP contribution in [0.25, 0.3) is 0 Å². The molecule has 0 radical (unpaired) electrons. The van der Waals surface area contributed by atoms with Crippen molar-refractivity contribution in [3.8, 4) is 0 Å². The molecule has 1 aromatic heterocycles. The van der Waals surface area contributed by atoms with Crippen LogP contribution in [0.4, 0.5) is 5.69 Å². The van der Waals surface area contributed by atoms with E-state index in [9.17, 15) is 8.42 Å². The zero-order valence-electron chi connectivity index (χ0n) is 12.5. The van der Waals surface area contributed by atoms with Crippen LogP contribution in [0.2, 0.25) is 0 Å². The molecule has 8 heteroatoms. The van der Waals surface area contributed by atoms with Crippen LogP contribution >= 0.6 is 0 Å². The van der Waals surface area contributed by atoms with Gasteiger partial charge in [-0.25, -0.2) is 13.1 Å². The smallest absolute Gasteiger partial charge is 0.241 e. The number of nitrogens with two attached hydrogens (primary N) is 1. The molecule has 2 rings (SSSR count). The van der Waals surface area contributed by atoms with Crippen LogP contribution in [0.15, 0.2) is 17.3 Å². The van der Waals surface area contributed by atoms with Crippen molar-refractivity contribution in [3.05, 3.63) is 34.9 Å². The Kier molecular flexibility index (Phi) is 4.02. The van der Waals surface area contributed by atoms with Crippen molar-refractivity contribution in [3.63, 3.8) is 0 Å². The molecule has 1 heterocycles. The molecule has 2 aromatic rings. The summed E-state index contributed by atoms with van der Waals surface area (Å²) in [5.74, 6) is 0.537. The third kappa shape index (κ3) is 2.91. The van der Waals surface area contributed by atoms with E-state index in [2.05, 4.69) is 14.9 Å². The minimum Gasteiger partial charge on any atom is -0.398 e. The van der Waals surface area contributed by atoms with Gasteiger partial charge in [0.2, 0.25) is 10.0 Å². The van der Waals surface area contributed by atoms with Crippen molar-refractivity contribution >= 4 is 15.7 Å². The fourth-order valence-electron chi connectivity index (χ4n) is 2.14. The molecule has 114 valence electrons. The first-order valence-electron chi connectivity index (χ1n) is 6.43. The molecular formula is C13H19N5O2S. The quantitative estimate of drug-likeness (QED) is 0.813. The number of hydrogen-bond acceptors (Lipinski definition) is 5. The second kappa shape index (κ2) is 5.45. The largest absolute Gasteiger partial charge is 0.398 e. The fourth-order valence-corrected chi connectivity index (χ4v) is 3.69. The molecule has 1 aromatic carbocycles. The molecule has 0 spiro atoms. The Morgan fingerprint density at radius 1 is 1.29 bits per heavy atom. The van der Waals surface area contributed by atoms with Crippen LogP contribution in [0, 0.1) is 20.8 Å². The predicted molar refractivity (Wildman–Crippen MR) is 80.1 cm³/mol. The zero-order valence-corrected chi connectivity index (χ0v) is 13.3. The summed E-state index contributed by atoms with van der Waals surface area (Å²) in [6, 6.07) is 1.78. The molecule has 7 nitrogen and oxygen atoms in total. The number of nitrogens with zero attached hydrogens (tertiary/aromatic N) is 3. The minimum absolute atomic E-state index is 0.0750. The maximum absolute atomic E-state index is 12.6. The van der Waals surface area contributed by atoms with Crippen molar-refractivity contribution in [2.24, 2.45) is 7.05 Å². The van der Waals surface area contributed by atoms with Gasteiger partial charge in [-0.15, -0.1) is 10.2 Å². The van der Waals surface area contributed by atoms with E-state index < -0.39 is 10.0 Å². The van der Waals surface area contributed by atoms with Crippen LogP contribution in [0.5, 0.6) is 0 Å². The van der Waals surface area contributed by atoms with Crippen molar-refractivity contribution in [1.82, 2.24) is 19.5 Å². The lowest BCUT2D eigenvalue weighted by molar-refractivity contribution is 0.576. The Balaban J connectivity index is 2.39. The predicted octanol–water partition coefficient (Wildman–Crippen LogP) is 0.801. The Labute approximate surface area is 124 Å². The summed E-state index contributed by atoms with van der Waals surface area (Å²) in [7, 11) is -1.92. The van der Waals surface area contributed by atoms with Gasteiger partial charge in [0.1, 0.15) is 12.2 Å². The highest BCUT2D eigenvalue weighted by Gasteiger charge is 2.22. The molecule has 21 heavy (non-hydrogen) atoms. The first-order valence-corrected chi connectivity index (χ1v) is 7.91. The number of nitrogen functional groups attached to an aromatic ring is 1. The van der Waals surface area contributed by atoms with E-state index in [0.29, 0.717) is 22.6 Å². The average Bonchev–Trinajstić information content (AvgIpc) is 2.80. The Morgan fingerprint density at radius 3 is 2.52 bits per heavy atom. The first kappa shape index (κ1) is 15.5. The molecule has 0 saturated carbocycles. The van der Waals surface area contributed by atoms with Gasteiger partial charge in [0.05, 0.1) is 11.4 Å². The second-order valence-electron chi connectivity index (χ2n) is 5.04. The Morgan fingerprint density at radius 2 is 1.95 bits per heavy atom. The van der Waals surface area contributed by atoms with Gasteiger partial charge < -0.3 is 10.3 Å². The number of rotatable bonds is 4. The van der Waals surface area contributed by atoms with Crippen LogP contribution < -0.4 is 10.5 Å². The van der Waals surface area contributed by atoms with E-state index in [0.717, 1.165) is 5.56 Å². The first-order chi connectivity index (χ1) is 9.74. The summed E-state index contributed by atoms with van der Waals surface area (Å²) >= 11 is 0. The van der Waals surface area contributed by atoms with E-state index in [1.807, 2.05) is 6.92 Å². The monoisotopic (exact) mass is 309 g/mol. The SMILES string of the molecule is Cc1cc(N)c(C)c(S(=O)(=O)NCc2nncn2C)c1C. The third-order valence-corrected chi connectivity index (χ3v) is 5.25. The molecule has 0 amide bonds. The summed E-state index contributed by atoms with van der Waals surface area (Å²) in [6.45, 7) is 5.40. The molecule has 0 aliphatic heterocycles. The number of aryl methyl sites for hydroxylation is 2. The molecule has 0 saturated heterocycles.